The van der Waals surface area contributed by atoms with Crippen LogP contribution in [-0.2, 0) is 30.2 Å². The Morgan fingerprint density at radius 2 is 1.87 bits per heavy atom. The highest BCUT2D eigenvalue weighted by Gasteiger charge is 2.47. The smallest absolute Gasteiger partial charge is 0.310 e. The largest absolute Gasteiger partial charge is 0.469 e. The van der Waals surface area contributed by atoms with Crippen molar-refractivity contribution in [1.29, 1.82) is 0 Å². The third kappa shape index (κ3) is 6.35. The standard InChI is InChI=1S/C29H33Cl2NO6S/c1-4-38-13-12-19(28(34)36-2)24(29(35)37-3)23-17(14-16-8-5-6-10-18(16)23)9-7-11-21(33)20-15-22-26(32-20)25(30)27(31)39-22/h5-6,8,10,15,17,19,23-24,32H,4,7,9,11-14H2,1-3H3/t17?,19?,23-,24+/m0/s1. The van der Waals surface area contributed by atoms with Crippen LogP contribution in [0, 0.1) is 17.8 Å². The van der Waals surface area contributed by atoms with Gasteiger partial charge in [-0.15, -0.1) is 11.3 Å². The van der Waals surface area contributed by atoms with Crippen molar-refractivity contribution < 1.29 is 28.6 Å². The number of benzene rings is 1. The lowest BCUT2D eigenvalue weighted by atomic mass is 9.72. The highest BCUT2D eigenvalue weighted by atomic mass is 35.5. The number of aromatic nitrogens is 1. The Balaban J connectivity index is 1.55. The van der Waals surface area contributed by atoms with Gasteiger partial charge < -0.3 is 19.2 Å². The lowest BCUT2D eigenvalue weighted by Crippen LogP contribution is -2.38. The first kappa shape index (κ1) is 29.6. The molecule has 7 nitrogen and oxygen atoms in total. The molecule has 4 atom stereocenters. The van der Waals surface area contributed by atoms with Crippen molar-refractivity contribution in [2.75, 3.05) is 27.4 Å². The molecular weight excluding hydrogens is 561 g/mol. The Morgan fingerprint density at radius 1 is 1.13 bits per heavy atom. The van der Waals surface area contributed by atoms with Crippen molar-refractivity contribution >= 4 is 62.5 Å². The van der Waals surface area contributed by atoms with Gasteiger partial charge in [0.05, 0.1) is 47.0 Å². The maximum Gasteiger partial charge on any atom is 0.310 e. The van der Waals surface area contributed by atoms with E-state index in [4.69, 9.17) is 37.4 Å². The molecule has 0 saturated carbocycles. The fourth-order valence-corrected chi connectivity index (χ4v) is 7.33. The number of Topliss-reactive ketones (excluding diaryl/α,β-unsaturated/α-hetero) is 1. The van der Waals surface area contributed by atoms with Crippen LogP contribution in [-0.4, -0.2) is 50.1 Å². The minimum atomic E-state index is -0.727. The molecule has 0 radical (unpaired) electrons. The molecule has 0 amide bonds. The number of ketones is 1. The van der Waals surface area contributed by atoms with Crippen molar-refractivity contribution in [3.63, 3.8) is 0 Å². The molecule has 0 bridgehead atoms. The predicted octanol–water partition coefficient (Wildman–Crippen LogP) is 6.85. The van der Waals surface area contributed by atoms with Crippen LogP contribution in [0.25, 0.3) is 10.2 Å². The van der Waals surface area contributed by atoms with E-state index >= 15 is 0 Å². The van der Waals surface area contributed by atoms with Gasteiger partial charge in [-0.05, 0) is 55.7 Å². The third-order valence-electron chi connectivity index (χ3n) is 7.63. The van der Waals surface area contributed by atoms with E-state index in [1.165, 1.54) is 25.6 Å². The molecule has 0 saturated heterocycles. The number of carbonyl (C=O) groups excluding carboxylic acids is 3. The Bertz CT molecular complexity index is 1330. The number of H-pyrrole nitrogens is 1. The van der Waals surface area contributed by atoms with E-state index in [1.54, 1.807) is 6.07 Å². The first-order valence-electron chi connectivity index (χ1n) is 13.1. The molecule has 2 unspecified atom stereocenters. The van der Waals surface area contributed by atoms with Crippen LogP contribution >= 0.6 is 34.5 Å². The Labute approximate surface area is 242 Å². The van der Waals surface area contributed by atoms with Crippen LogP contribution in [0.15, 0.2) is 30.3 Å². The second kappa shape index (κ2) is 13.3. The van der Waals surface area contributed by atoms with Gasteiger partial charge in [0.15, 0.2) is 5.78 Å². The number of fused-ring (bicyclic) bond motifs is 2. The maximum atomic E-state index is 13.3. The monoisotopic (exact) mass is 593 g/mol. The van der Waals surface area contributed by atoms with Crippen molar-refractivity contribution in [3.05, 3.63) is 56.5 Å². The summed E-state index contributed by atoms with van der Waals surface area (Å²) in [5.74, 6) is -2.52. The van der Waals surface area contributed by atoms with E-state index in [9.17, 15) is 14.4 Å². The summed E-state index contributed by atoms with van der Waals surface area (Å²) in [5, 5.41) is 0.431. The summed E-state index contributed by atoms with van der Waals surface area (Å²) >= 11 is 13.7. The summed E-state index contributed by atoms with van der Waals surface area (Å²) in [7, 11) is 2.68. The van der Waals surface area contributed by atoms with E-state index in [2.05, 4.69) is 11.1 Å². The Morgan fingerprint density at radius 3 is 2.56 bits per heavy atom. The van der Waals surface area contributed by atoms with Crippen LogP contribution in [0.5, 0.6) is 0 Å². The average molecular weight is 595 g/mol. The number of carbonyl (C=O) groups is 3. The maximum absolute atomic E-state index is 13.3. The van der Waals surface area contributed by atoms with Crippen LogP contribution in [0.3, 0.4) is 0 Å². The minimum Gasteiger partial charge on any atom is -0.469 e. The molecule has 0 aliphatic heterocycles. The summed E-state index contributed by atoms with van der Waals surface area (Å²) in [6, 6.07) is 9.82. The van der Waals surface area contributed by atoms with Crippen molar-refractivity contribution in [2.24, 2.45) is 17.8 Å². The van der Waals surface area contributed by atoms with Crippen LogP contribution < -0.4 is 0 Å². The van der Waals surface area contributed by atoms with E-state index in [0.717, 1.165) is 22.2 Å². The summed E-state index contributed by atoms with van der Waals surface area (Å²) in [6.07, 6.45) is 2.78. The van der Waals surface area contributed by atoms with Gasteiger partial charge in [0, 0.05) is 25.6 Å². The van der Waals surface area contributed by atoms with Gasteiger partial charge in [-0.25, -0.2) is 0 Å². The molecule has 10 heteroatoms. The molecular formula is C29H33Cl2NO6S. The summed E-state index contributed by atoms with van der Waals surface area (Å²) < 4.78 is 17.2. The number of thiophene rings is 1. The molecule has 1 N–H and O–H groups in total. The number of hydrogen-bond donors (Lipinski definition) is 1. The number of esters is 2. The van der Waals surface area contributed by atoms with Gasteiger partial charge in [-0.2, -0.15) is 0 Å². The zero-order valence-electron chi connectivity index (χ0n) is 22.3. The highest BCUT2D eigenvalue weighted by Crippen LogP contribution is 2.48. The Kier molecular flexibility index (Phi) is 10.1. The molecule has 210 valence electrons. The molecule has 1 aliphatic carbocycles. The summed E-state index contributed by atoms with van der Waals surface area (Å²) in [5.41, 5.74) is 3.39. The molecule has 2 heterocycles. The Hall–Kier alpha value is -2.39. The average Bonchev–Trinajstić information content (AvgIpc) is 3.60. The normalized spacial score (nSPS) is 18.1. The number of methoxy groups -OCH3 is 2. The lowest BCUT2D eigenvalue weighted by molar-refractivity contribution is -0.160. The van der Waals surface area contributed by atoms with Crippen molar-refractivity contribution in [3.8, 4) is 0 Å². The predicted molar refractivity (Wildman–Crippen MR) is 153 cm³/mol. The van der Waals surface area contributed by atoms with Crippen LogP contribution in [0.4, 0.5) is 0 Å². The molecule has 4 rings (SSSR count). The zero-order valence-corrected chi connectivity index (χ0v) is 24.6. The number of halogens is 2. The topological polar surface area (TPSA) is 94.7 Å². The van der Waals surface area contributed by atoms with Crippen LogP contribution in [0.1, 0.15) is 60.1 Å². The van der Waals surface area contributed by atoms with Gasteiger partial charge in [0.25, 0.3) is 0 Å². The number of hydrogen-bond acceptors (Lipinski definition) is 7. The third-order valence-corrected chi connectivity index (χ3v) is 9.56. The van der Waals surface area contributed by atoms with Gasteiger partial charge >= 0.3 is 11.9 Å². The molecule has 1 aromatic carbocycles. The molecule has 2 aromatic heterocycles. The van der Waals surface area contributed by atoms with Gasteiger partial charge in [-0.3, -0.25) is 14.4 Å². The lowest BCUT2D eigenvalue weighted by Gasteiger charge is -2.32. The van der Waals surface area contributed by atoms with Gasteiger partial charge in [-0.1, -0.05) is 47.5 Å². The first-order valence-corrected chi connectivity index (χ1v) is 14.7. The van der Waals surface area contributed by atoms with E-state index < -0.39 is 23.8 Å². The molecule has 39 heavy (non-hydrogen) atoms. The summed E-state index contributed by atoms with van der Waals surface area (Å²) in [4.78, 5) is 42.3. The SMILES string of the molecule is CCOCCC(C(=O)OC)[C@@H](C(=O)OC)[C@@H]1c2ccccc2CC1CCCC(=O)c1cc2sc(Cl)c(Cl)c2[nH]1. The fraction of sp³-hybridized carbons (Fsp3) is 0.483. The van der Waals surface area contributed by atoms with E-state index in [1.807, 2.05) is 25.1 Å². The molecule has 0 fully saturated rings. The zero-order chi connectivity index (χ0) is 28.1. The fourth-order valence-electron chi connectivity index (χ4n) is 5.85. The van der Waals surface area contributed by atoms with Crippen LogP contribution in [0.2, 0.25) is 9.36 Å². The van der Waals surface area contributed by atoms with Crippen molar-refractivity contribution in [1.82, 2.24) is 4.98 Å². The molecule has 0 spiro atoms. The number of nitrogens with one attached hydrogen (secondary N) is 1. The van der Waals surface area contributed by atoms with Crippen molar-refractivity contribution in [2.45, 2.75) is 44.9 Å². The van der Waals surface area contributed by atoms with E-state index in [0.29, 0.717) is 59.5 Å². The number of rotatable bonds is 13. The summed E-state index contributed by atoms with van der Waals surface area (Å²) in [6.45, 7) is 2.73. The van der Waals surface area contributed by atoms with E-state index in [-0.39, 0.29) is 17.6 Å². The quantitative estimate of drug-likeness (QED) is 0.132. The molecule has 1 aliphatic rings. The van der Waals surface area contributed by atoms with Gasteiger partial charge in [0.2, 0.25) is 0 Å². The second-order valence-electron chi connectivity index (χ2n) is 9.78. The van der Waals surface area contributed by atoms with Gasteiger partial charge in [0.1, 0.15) is 4.34 Å². The highest BCUT2D eigenvalue weighted by molar-refractivity contribution is 7.23. The molecule has 3 aromatic rings. The minimum absolute atomic E-state index is 0.00804. The second-order valence-corrected chi connectivity index (χ2v) is 11.8. The number of aromatic amines is 1. The number of ether oxygens (including phenoxy) is 3. The first-order chi connectivity index (χ1) is 18.8.